The molecule has 0 atom stereocenters. The Morgan fingerprint density at radius 1 is 1.09 bits per heavy atom. The number of benzene rings is 1. The Labute approximate surface area is 125 Å². The number of hydrogen-bond donors (Lipinski definition) is 0. The molecule has 2 amide bonds. The number of nitrogens with zero attached hydrogens (tertiary/aromatic N) is 1. The third kappa shape index (κ3) is 1.84. The van der Waals surface area contributed by atoms with Crippen LogP contribution in [0.5, 0.6) is 0 Å². The standard InChI is InChI=1S/C16H11NO5/c18-14-11-3-1-2-4-12(11)15(19)17(14)22-16(20)13-10(7-8-21-13)9-5-6-9/h1-4,7-9H,5-6H2. The summed E-state index contributed by atoms with van der Waals surface area (Å²) in [6.45, 7) is 0. The van der Waals surface area contributed by atoms with Crippen LogP contribution in [0.4, 0.5) is 0 Å². The van der Waals surface area contributed by atoms with E-state index in [-0.39, 0.29) is 16.9 Å². The Kier molecular flexibility index (Phi) is 2.66. The molecule has 0 N–H and O–H groups in total. The maximum absolute atomic E-state index is 12.2. The van der Waals surface area contributed by atoms with Crippen molar-refractivity contribution in [3.8, 4) is 0 Å². The molecule has 2 aromatic rings. The minimum atomic E-state index is -0.832. The second-order valence-corrected chi connectivity index (χ2v) is 5.31. The van der Waals surface area contributed by atoms with E-state index in [2.05, 4.69) is 0 Å². The summed E-state index contributed by atoms with van der Waals surface area (Å²) < 4.78 is 5.16. The number of hydroxylamine groups is 2. The van der Waals surface area contributed by atoms with Gasteiger partial charge in [-0.3, -0.25) is 9.59 Å². The number of carbonyl (C=O) groups is 3. The average Bonchev–Trinajstić information content (AvgIpc) is 3.22. The summed E-state index contributed by atoms with van der Waals surface area (Å²) in [7, 11) is 0. The van der Waals surface area contributed by atoms with Crippen molar-refractivity contribution in [1.29, 1.82) is 0 Å². The molecule has 0 radical (unpaired) electrons. The second-order valence-electron chi connectivity index (χ2n) is 5.31. The van der Waals surface area contributed by atoms with Crippen LogP contribution in [0.2, 0.25) is 0 Å². The molecule has 1 aliphatic carbocycles. The van der Waals surface area contributed by atoms with Gasteiger partial charge in [0.25, 0.3) is 11.8 Å². The fraction of sp³-hybridized carbons (Fsp3) is 0.188. The van der Waals surface area contributed by atoms with E-state index in [1.165, 1.54) is 18.4 Å². The zero-order chi connectivity index (χ0) is 15.3. The van der Waals surface area contributed by atoms with Crippen molar-refractivity contribution in [3.05, 3.63) is 59.0 Å². The van der Waals surface area contributed by atoms with Crippen LogP contribution in [0.25, 0.3) is 0 Å². The van der Waals surface area contributed by atoms with E-state index in [9.17, 15) is 14.4 Å². The van der Waals surface area contributed by atoms with E-state index in [1.807, 2.05) is 0 Å². The van der Waals surface area contributed by atoms with Crippen LogP contribution in [0, 0.1) is 0 Å². The Bertz CT molecular complexity index is 767. The smallest absolute Gasteiger partial charge is 0.399 e. The van der Waals surface area contributed by atoms with Gasteiger partial charge in [-0.1, -0.05) is 17.2 Å². The lowest BCUT2D eigenvalue weighted by Crippen LogP contribution is -2.32. The maximum Gasteiger partial charge on any atom is 0.399 e. The van der Waals surface area contributed by atoms with Gasteiger partial charge < -0.3 is 9.25 Å². The zero-order valence-electron chi connectivity index (χ0n) is 11.4. The van der Waals surface area contributed by atoms with Gasteiger partial charge in [0.05, 0.1) is 17.4 Å². The molecule has 4 rings (SSSR count). The molecule has 6 heteroatoms. The Morgan fingerprint density at radius 2 is 1.73 bits per heavy atom. The lowest BCUT2D eigenvalue weighted by molar-refractivity contribution is -0.0604. The fourth-order valence-corrected chi connectivity index (χ4v) is 2.58. The number of carbonyl (C=O) groups excluding carboxylic acids is 3. The molecular weight excluding hydrogens is 286 g/mol. The van der Waals surface area contributed by atoms with E-state index in [0.29, 0.717) is 11.0 Å². The quantitative estimate of drug-likeness (QED) is 0.814. The molecule has 0 unspecified atom stereocenters. The Hall–Kier alpha value is -2.89. The molecule has 1 fully saturated rings. The Balaban J connectivity index is 1.59. The number of furan rings is 1. The van der Waals surface area contributed by atoms with Crippen LogP contribution in [0.15, 0.2) is 41.0 Å². The highest BCUT2D eigenvalue weighted by molar-refractivity contribution is 6.21. The topological polar surface area (TPSA) is 76.8 Å². The van der Waals surface area contributed by atoms with Gasteiger partial charge in [0.1, 0.15) is 0 Å². The van der Waals surface area contributed by atoms with Crippen molar-refractivity contribution >= 4 is 17.8 Å². The first-order chi connectivity index (χ1) is 10.7. The molecule has 0 bridgehead atoms. The Morgan fingerprint density at radius 3 is 2.32 bits per heavy atom. The van der Waals surface area contributed by atoms with Crippen LogP contribution in [0.3, 0.4) is 0 Å². The minimum Gasteiger partial charge on any atom is -0.457 e. The van der Waals surface area contributed by atoms with Crippen LogP contribution in [-0.4, -0.2) is 22.8 Å². The minimum absolute atomic E-state index is 0.0547. The van der Waals surface area contributed by atoms with Crippen molar-refractivity contribution < 1.29 is 23.6 Å². The van der Waals surface area contributed by atoms with E-state index in [4.69, 9.17) is 9.25 Å². The van der Waals surface area contributed by atoms with Gasteiger partial charge in [-0.2, -0.15) is 0 Å². The number of imide groups is 1. The van der Waals surface area contributed by atoms with Crippen molar-refractivity contribution in [2.24, 2.45) is 0 Å². The van der Waals surface area contributed by atoms with Gasteiger partial charge in [-0.25, -0.2) is 4.79 Å². The molecule has 110 valence electrons. The van der Waals surface area contributed by atoms with Gasteiger partial charge in [-0.15, -0.1) is 0 Å². The van der Waals surface area contributed by atoms with Gasteiger partial charge in [-0.05, 0) is 37.0 Å². The third-order valence-electron chi connectivity index (χ3n) is 3.83. The van der Waals surface area contributed by atoms with Crippen LogP contribution >= 0.6 is 0 Å². The number of fused-ring (bicyclic) bond motifs is 1. The lowest BCUT2D eigenvalue weighted by Gasteiger charge is -2.12. The van der Waals surface area contributed by atoms with Gasteiger partial charge in [0.15, 0.2) is 0 Å². The highest BCUT2D eigenvalue weighted by Gasteiger charge is 2.40. The summed E-state index contributed by atoms with van der Waals surface area (Å²) in [5.74, 6) is -1.77. The molecule has 0 saturated heterocycles. The summed E-state index contributed by atoms with van der Waals surface area (Å²) >= 11 is 0. The number of rotatable bonds is 3. The molecule has 6 nitrogen and oxygen atoms in total. The monoisotopic (exact) mass is 297 g/mol. The van der Waals surface area contributed by atoms with Crippen molar-refractivity contribution in [2.45, 2.75) is 18.8 Å². The second kappa shape index (κ2) is 4.56. The zero-order valence-corrected chi connectivity index (χ0v) is 11.4. The van der Waals surface area contributed by atoms with Crippen LogP contribution in [-0.2, 0) is 4.84 Å². The molecular formula is C16H11NO5. The van der Waals surface area contributed by atoms with Gasteiger partial charge in [0.2, 0.25) is 5.76 Å². The molecule has 2 aliphatic rings. The van der Waals surface area contributed by atoms with E-state index in [1.54, 1.807) is 18.2 Å². The molecule has 1 aliphatic heterocycles. The molecule has 1 aromatic heterocycles. The van der Waals surface area contributed by atoms with E-state index < -0.39 is 17.8 Å². The number of amides is 2. The fourth-order valence-electron chi connectivity index (χ4n) is 2.58. The maximum atomic E-state index is 12.2. The first-order valence-corrected chi connectivity index (χ1v) is 6.94. The lowest BCUT2D eigenvalue weighted by atomic mass is 10.1. The van der Waals surface area contributed by atoms with E-state index >= 15 is 0 Å². The molecule has 1 saturated carbocycles. The van der Waals surface area contributed by atoms with Crippen molar-refractivity contribution in [1.82, 2.24) is 5.06 Å². The third-order valence-corrected chi connectivity index (χ3v) is 3.83. The highest BCUT2D eigenvalue weighted by Crippen LogP contribution is 2.42. The summed E-state index contributed by atoms with van der Waals surface area (Å²) in [4.78, 5) is 41.5. The SMILES string of the molecule is O=C(ON1C(=O)c2ccccc2C1=O)c1occc1C1CC1. The summed E-state index contributed by atoms with van der Waals surface area (Å²) in [5.41, 5.74) is 1.21. The molecule has 2 heterocycles. The first-order valence-electron chi connectivity index (χ1n) is 6.94. The predicted octanol–water partition coefficient (Wildman–Crippen LogP) is 2.53. The van der Waals surface area contributed by atoms with E-state index in [0.717, 1.165) is 18.4 Å². The largest absolute Gasteiger partial charge is 0.457 e. The van der Waals surface area contributed by atoms with Gasteiger partial charge in [0, 0.05) is 5.56 Å². The van der Waals surface area contributed by atoms with Crippen LogP contribution in [0.1, 0.15) is 55.6 Å². The number of hydrogen-bond acceptors (Lipinski definition) is 5. The first kappa shape index (κ1) is 12.8. The predicted molar refractivity (Wildman–Crippen MR) is 73.0 cm³/mol. The molecule has 22 heavy (non-hydrogen) atoms. The average molecular weight is 297 g/mol. The van der Waals surface area contributed by atoms with Crippen molar-refractivity contribution in [3.63, 3.8) is 0 Å². The molecule has 0 spiro atoms. The summed E-state index contributed by atoms with van der Waals surface area (Å²) in [5, 5.41) is 0.492. The van der Waals surface area contributed by atoms with Gasteiger partial charge >= 0.3 is 5.97 Å². The van der Waals surface area contributed by atoms with Crippen LogP contribution < -0.4 is 0 Å². The van der Waals surface area contributed by atoms with Crippen molar-refractivity contribution in [2.75, 3.05) is 0 Å². The molecule has 1 aromatic carbocycles. The normalized spacial score (nSPS) is 16.8. The summed E-state index contributed by atoms with van der Waals surface area (Å²) in [6, 6.07) is 8.05. The summed E-state index contributed by atoms with van der Waals surface area (Å²) in [6.07, 6.45) is 3.40. The highest BCUT2D eigenvalue weighted by atomic mass is 16.7.